The molecule has 2 N–H and O–H groups in total. The maximum atomic E-state index is 13.4. The van der Waals surface area contributed by atoms with Crippen LogP contribution in [0.25, 0.3) is 16.5 Å². The van der Waals surface area contributed by atoms with Gasteiger partial charge >= 0.3 is 13.2 Å². The third-order valence-corrected chi connectivity index (χ3v) is 6.57. The number of carbonyl (C=O) groups excluding carboxylic acids is 2. The number of hydrogen-bond donors (Lipinski definition) is 2. The number of aromatic nitrogens is 1. The molecule has 0 saturated carbocycles. The number of para-hydroxylation sites is 1. The minimum absolute atomic E-state index is 0.0878. The van der Waals surface area contributed by atoms with Gasteiger partial charge in [0.05, 0.1) is 25.0 Å². The fourth-order valence-electron chi connectivity index (χ4n) is 5.08. The Bertz CT molecular complexity index is 1220. The Kier molecular flexibility index (Phi) is 5.11. The van der Waals surface area contributed by atoms with E-state index >= 15 is 0 Å². The number of methoxy groups -OCH3 is 1. The van der Waals surface area contributed by atoms with E-state index in [4.69, 9.17) is 4.74 Å². The molecule has 3 heterocycles. The van der Waals surface area contributed by atoms with Crippen molar-refractivity contribution in [3.05, 3.63) is 78.0 Å². The van der Waals surface area contributed by atoms with E-state index in [2.05, 4.69) is 0 Å². The third kappa shape index (κ3) is 3.23. The maximum absolute atomic E-state index is 13.4. The van der Waals surface area contributed by atoms with Crippen LogP contribution in [0.1, 0.15) is 17.5 Å². The van der Waals surface area contributed by atoms with E-state index in [1.54, 1.807) is 6.20 Å². The van der Waals surface area contributed by atoms with Gasteiger partial charge in [-0.1, -0.05) is 54.6 Å². The molecule has 1 saturated heterocycles. The van der Waals surface area contributed by atoms with E-state index in [9.17, 15) is 19.6 Å². The average molecular weight is 430 g/mol. The molecule has 1 aliphatic carbocycles. The first-order valence-electron chi connectivity index (χ1n) is 10.6. The number of ether oxygens (including phenoxy) is 1. The third-order valence-electron chi connectivity index (χ3n) is 6.57. The van der Waals surface area contributed by atoms with Crippen LogP contribution in [0, 0.1) is 11.8 Å². The molecule has 6 rings (SSSR count). The number of fused-ring (bicyclic) bond motifs is 3. The standard InChI is InChI=1S/C24H23BN2O5/c1-32-24(29)19-12-22-17(20-14-27(25(30)31)21-10-6-5-9-16(20)21)11-18(19)23(28)26(22)13-15-7-3-2-4-8-15/h2-11,14,18-19,22,30-31H,12-13H2,1H3. The second kappa shape index (κ2) is 7.96. The predicted octanol–water partition coefficient (Wildman–Crippen LogP) is 2.06. The second-order valence-electron chi connectivity index (χ2n) is 8.29. The molecule has 1 amide bonds. The van der Waals surface area contributed by atoms with Crippen molar-refractivity contribution in [3.8, 4) is 0 Å². The van der Waals surface area contributed by atoms with Crippen LogP contribution in [0.15, 0.2) is 66.9 Å². The van der Waals surface area contributed by atoms with Gasteiger partial charge in [-0.05, 0) is 23.6 Å². The van der Waals surface area contributed by atoms with E-state index in [1.165, 1.54) is 11.6 Å². The molecule has 3 unspecified atom stereocenters. The highest BCUT2D eigenvalue weighted by atomic mass is 16.5. The number of esters is 1. The van der Waals surface area contributed by atoms with Crippen molar-refractivity contribution in [1.82, 2.24) is 9.38 Å². The minimum Gasteiger partial charge on any atom is -0.469 e. The van der Waals surface area contributed by atoms with E-state index in [0.29, 0.717) is 18.5 Å². The lowest BCUT2D eigenvalue weighted by Gasteiger charge is -2.47. The first-order valence-corrected chi connectivity index (χ1v) is 10.6. The van der Waals surface area contributed by atoms with Gasteiger partial charge < -0.3 is 24.2 Å². The summed E-state index contributed by atoms with van der Waals surface area (Å²) >= 11 is 0. The van der Waals surface area contributed by atoms with Crippen LogP contribution >= 0.6 is 0 Å². The molecular formula is C24H23BN2O5. The normalized spacial score (nSPS) is 22.2. The Balaban J connectivity index is 1.63. The van der Waals surface area contributed by atoms with E-state index in [0.717, 1.165) is 22.1 Å². The molecule has 2 aliphatic heterocycles. The lowest BCUT2D eigenvalue weighted by atomic mass is 9.71. The molecule has 0 radical (unpaired) electrons. The van der Waals surface area contributed by atoms with Crippen LogP contribution in [0.3, 0.4) is 0 Å². The average Bonchev–Trinajstić information content (AvgIpc) is 3.21. The van der Waals surface area contributed by atoms with Crippen LogP contribution in [0.4, 0.5) is 0 Å². The molecule has 32 heavy (non-hydrogen) atoms. The monoisotopic (exact) mass is 430 g/mol. The van der Waals surface area contributed by atoms with E-state index < -0.39 is 19.1 Å². The van der Waals surface area contributed by atoms with Crippen molar-refractivity contribution in [3.63, 3.8) is 0 Å². The zero-order chi connectivity index (χ0) is 22.4. The molecule has 1 aromatic heterocycles. The van der Waals surface area contributed by atoms with E-state index in [1.807, 2.05) is 65.6 Å². The molecule has 162 valence electrons. The predicted molar refractivity (Wildman–Crippen MR) is 120 cm³/mol. The molecule has 3 aromatic rings. The van der Waals surface area contributed by atoms with Gasteiger partial charge in [0.15, 0.2) is 0 Å². The summed E-state index contributed by atoms with van der Waals surface area (Å²) in [7, 11) is -0.336. The fourth-order valence-corrected chi connectivity index (χ4v) is 5.08. The van der Waals surface area contributed by atoms with Gasteiger partial charge in [-0.2, -0.15) is 0 Å². The lowest BCUT2D eigenvalue weighted by molar-refractivity contribution is -0.158. The number of rotatable bonds is 5. The summed E-state index contributed by atoms with van der Waals surface area (Å²) in [6.45, 7) is 0.438. The fraction of sp³-hybridized carbons (Fsp3) is 0.250. The van der Waals surface area contributed by atoms with Crippen molar-refractivity contribution in [2.75, 3.05) is 7.11 Å². The quantitative estimate of drug-likeness (QED) is 0.478. The minimum atomic E-state index is -1.68. The summed E-state index contributed by atoms with van der Waals surface area (Å²) in [5.41, 5.74) is 3.44. The molecule has 7 nitrogen and oxygen atoms in total. The van der Waals surface area contributed by atoms with Gasteiger partial charge in [0.2, 0.25) is 5.91 Å². The van der Waals surface area contributed by atoms with Gasteiger partial charge in [0.25, 0.3) is 0 Å². The zero-order valence-electron chi connectivity index (χ0n) is 17.6. The topological polar surface area (TPSA) is 92.0 Å². The van der Waals surface area contributed by atoms with E-state index in [-0.39, 0.29) is 17.9 Å². The smallest absolute Gasteiger partial charge is 0.469 e. The first-order chi connectivity index (χ1) is 15.5. The summed E-state index contributed by atoms with van der Waals surface area (Å²) in [6.07, 6.45) is 4.04. The molecule has 2 aromatic carbocycles. The van der Waals surface area contributed by atoms with Crippen molar-refractivity contribution < 1.29 is 24.4 Å². The molecule has 3 atom stereocenters. The summed E-state index contributed by atoms with van der Waals surface area (Å²) in [4.78, 5) is 27.6. The summed E-state index contributed by atoms with van der Waals surface area (Å²) < 4.78 is 6.38. The highest BCUT2D eigenvalue weighted by Gasteiger charge is 2.50. The first kappa shape index (κ1) is 20.5. The van der Waals surface area contributed by atoms with Crippen LogP contribution in [-0.4, -0.2) is 51.7 Å². The van der Waals surface area contributed by atoms with Crippen LogP contribution in [0.2, 0.25) is 0 Å². The van der Waals surface area contributed by atoms with Crippen LogP contribution < -0.4 is 0 Å². The number of piperidine rings is 1. The molecule has 8 heteroatoms. The van der Waals surface area contributed by atoms with Gasteiger partial charge in [-0.3, -0.25) is 9.59 Å². The number of carbonyl (C=O) groups is 2. The van der Waals surface area contributed by atoms with Crippen molar-refractivity contribution in [2.24, 2.45) is 11.8 Å². The van der Waals surface area contributed by atoms with Crippen molar-refractivity contribution >= 4 is 35.6 Å². The zero-order valence-corrected chi connectivity index (χ0v) is 17.6. The summed E-state index contributed by atoms with van der Waals surface area (Å²) in [5, 5.41) is 20.6. The Hall–Kier alpha value is -3.36. The number of hydrogen-bond acceptors (Lipinski definition) is 5. The molecule has 0 spiro atoms. The van der Waals surface area contributed by atoms with Gasteiger partial charge in [-0.25, -0.2) is 0 Å². The largest absolute Gasteiger partial charge is 0.592 e. The highest BCUT2D eigenvalue weighted by Crippen LogP contribution is 2.46. The number of benzene rings is 2. The van der Waals surface area contributed by atoms with Crippen LogP contribution in [0.5, 0.6) is 0 Å². The Morgan fingerprint density at radius 3 is 2.56 bits per heavy atom. The highest BCUT2D eigenvalue weighted by molar-refractivity contribution is 6.41. The molecule has 2 bridgehead atoms. The molecule has 1 fully saturated rings. The Labute approximate surface area is 185 Å². The van der Waals surface area contributed by atoms with Crippen LogP contribution in [-0.2, 0) is 20.9 Å². The molecular weight excluding hydrogens is 407 g/mol. The van der Waals surface area contributed by atoms with Gasteiger partial charge in [-0.15, -0.1) is 0 Å². The number of nitrogens with zero attached hydrogens (tertiary/aromatic N) is 2. The second-order valence-corrected chi connectivity index (χ2v) is 8.29. The lowest BCUT2D eigenvalue weighted by Crippen LogP contribution is -2.56. The number of amides is 1. The summed E-state index contributed by atoms with van der Waals surface area (Å²) in [5.74, 6) is -1.61. The SMILES string of the molecule is COC(=O)C1CC2C(c3cn(B(O)O)c4ccccc34)=CC1C(=O)N2Cc1ccccc1. The van der Waals surface area contributed by atoms with Crippen molar-refractivity contribution in [2.45, 2.75) is 19.0 Å². The maximum Gasteiger partial charge on any atom is 0.592 e. The summed E-state index contributed by atoms with van der Waals surface area (Å²) in [6, 6.07) is 16.9. The molecule has 3 aliphatic rings. The van der Waals surface area contributed by atoms with Gasteiger partial charge in [0.1, 0.15) is 0 Å². The van der Waals surface area contributed by atoms with Gasteiger partial charge in [0, 0.05) is 29.2 Å². The van der Waals surface area contributed by atoms with Crippen molar-refractivity contribution in [1.29, 1.82) is 0 Å². The Morgan fingerprint density at radius 2 is 1.84 bits per heavy atom. The Morgan fingerprint density at radius 1 is 1.12 bits per heavy atom.